The van der Waals surface area contributed by atoms with Crippen LogP contribution in [0.25, 0.3) is 0 Å². The van der Waals surface area contributed by atoms with E-state index < -0.39 is 0 Å². The van der Waals surface area contributed by atoms with Crippen molar-refractivity contribution in [3.05, 3.63) is 86.2 Å². The van der Waals surface area contributed by atoms with Crippen molar-refractivity contribution in [2.75, 3.05) is 5.32 Å². The van der Waals surface area contributed by atoms with Crippen molar-refractivity contribution in [1.29, 1.82) is 0 Å². The van der Waals surface area contributed by atoms with Crippen LogP contribution in [0.4, 0.5) is 5.69 Å². The van der Waals surface area contributed by atoms with Gasteiger partial charge in [0.05, 0.1) is 16.4 Å². The molecule has 4 rings (SSSR count). The zero-order valence-electron chi connectivity index (χ0n) is 16.7. The Kier molecular flexibility index (Phi) is 6.25. The summed E-state index contributed by atoms with van der Waals surface area (Å²) in [6, 6.07) is 14.0. The number of para-hydroxylation sites is 1. The van der Waals surface area contributed by atoms with E-state index in [1.807, 2.05) is 6.92 Å². The maximum absolute atomic E-state index is 12.8. The van der Waals surface area contributed by atoms with Gasteiger partial charge in [-0.2, -0.15) is 5.10 Å². The van der Waals surface area contributed by atoms with Gasteiger partial charge in [0.15, 0.2) is 5.76 Å². The summed E-state index contributed by atoms with van der Waals surface area (Å²) < 4.78 is 6.78. The van der Waals surface area contributed by atoms with Gasteiger partial charge in [0.2, 0.25) is 0 Å². The summed E-state index contributed by atoms with van der Waals surface area (Å²) >= 11 is 9.49. The fourth-order valence-electron chi connectivity index (χ4n) is 3.52. The standard InChI is InChI=1S/C23H19BrClN3O3/c1-13-20-18(27-28-22(29)14-9-11-15(24)12-10-14)7-4-8-19(20)31-21(13)23(30)26-17-6-3-2-5-16(17)25/h2-3,5-6,9-12H,4,7-8H2,1H3,(H,26,30)(H,28,29)/b27-18+. The van der Waals surface area contributed by atoms with Crippen LogP contribution < -0.4 is 10.7 Å². The summed E-state index contributed by atoms with van der Waals surface area (Å²) in [6.45, 7) is 1.82. The van der Waals surface area contributed by atoms with Crippen LogP contribution in [0.5, 0.6) is 0 Å². The van der Waals surface area contributed by atoms with Gasteiger partial charge in [-0.25, -0.2) is 5.43 Å². The number of rotatable bonds is 4. The van der Waals surface area contributed by atoms with Crippen molar-refractivity contribution < 1.29 is 14.0 Å². The molecule has 0 atom stereocenters. The van der Waals surface area contributed by atoms with Crippen molar-refractivity contribution in [2.24, 2.45) is 5.10 Å². The fraction of sp³-hybridized carbons (Fsp3) is 0.174. The molecule has 0 bridgehead atoms. The van der Waals surface area contributed by atoms with E-state index in [4.69, 9.17) is 16.0 Å². The SMILES string of the molecule is Cc1c(C(=O)Nc2ccccc2Cl)oc2c1/C(=N/NC(=O)c1ccc(Br)cc1)CCC2. The number of carbonyl (C=O) groups excluding carboxylic acids is 2. The summed E-state index contributed by atoms with van der Waals surface area (Å²) in [5.74, 6) is 0.242. The van der Waals surface area contributed by atoms with Gasteiger partial charge in [-0.05, 0) is 56.2 Å². The number of hydrogen-bond donors (Lipinski definition) is 2. The highest BCUT2D eigenvalue weighted by Crippen LogP contribution is 2.31. The average molecular weight is 501 g/mol. The number of benzene rings is 2. The Bertz CT molecular complexity index is 1190. The second kappa shape index (κ2) is 9.08. The molecule has 1 aliphatic carbocycles. The van der Waals surface area contributed by atoms with Crippen LogP contribution in [0.15, 0.2) is 62.5 Å². The number of aryl methyl sites for hydroxylation is 1. The highest BCUT2D eigenvalue weighted by atomic mass is 79.9. The van der Waals surface area contributed by atoms with Gasteiger partial charge in [0, 0.05) is 27.6 Å². The van der Waals surface area contributed by atoms with Gasteiger partial charge in [-0.3, -0.25) is 9.59 Å². The van der Waals surface area contributed by atoms with Crippen LogP contribution in [-0.4, -0.2) is 17.5 Å². The van der Waals surface area contributed by atoms with Gasteiger partial charge >= 0.3 is 0 Å². The average Bonchev–Trinajstić information content (AvgIpc) is 3.11. The molecule has 0 saturated heterocycles. The van der Waals surface area contributed by atoms with E-state index >= 15 is 0 Å². The van der Waals surface area contributed by atoms with Crippen LogP contribution in [0.3, 0.4) is 0 Å². The molecule has 0 spiro atoms. The third-order valence-electron chi connectivity index (χ3n) is 5.05. The lowest BCUT2D eigenvalue weighted by molar-refractivity contribution is 0.0953. The Morgan fingerprint density at radius 2 is 1.81 bits per heavy atom. The number of carbonyl (C=O) groups is 2. The maximum atomic E-state index is 12.8. The Hall–Kier alpha value is -2.90. The molecule has 2 amide bonds. The molecule has 158 valence electrons. The van der Waals surface area contributed by atoms with Crippen molar-refractivity contribution in [3.63, 3.8) is 0 Å². The van der Waals surface area contributed by atoms with Gasteiger partial charge < -0.3 is 9.73 Å². The highest BCUT2D eigenvalue weighted by Gasteiger charge is 2.28. The number of fused-ring (bicyclic) bond motifs is 1. The Balaban J connectivity index is 1.57. The largest absolute Gasteiger partial charge is 0.455 e. The fourth-order valence-corrected chi connectivity index (χ4v) is 3.97. The molecule has 0 fully saturated rings. The van der Waals surface area contributed by atoms with Crippen molar-refractivity contribution in [1.82, 2.24) is 5.43 Å². The highest BCUT2D eigenvalue weighted by molar-refractivity contribution is 9.10. The first-order valence-corrected chi connectivity index (χ1v) is 10.9. The van der Waals surface area contributed by atoms with E-state index in [-0.39, 0.29) is 17.6 Å². The molecule has 0 unspecified atom stereocenters. The van der Waals surface area contributed by atoms with Crippen LogP contribution in [-0.2, 0) is 6.42 Å². The molecular formula is C23H19BrClN3O3. The molecule has 2 aromatic carbocycles. The molecule has 1 aliphatic rings. The molecule has 8 heteroatoms. The van der Waals surface area contributed by atoms with E-state index in [1.54, 1.807) is 48.5 Å². The Morgan fingerprint density at radius 3 is 2.55 bits per heavy atom. The van der Waals surface area contributed by atoms with Gasteiger partial charge in [-0.1, -0.05) is 39.7 Å². The minimum Gasteiger partial charge on any atom is -0.455 e. The molecular weight excluding hydrogens is 482 g/mol. The first kappa shape index (κ1) is 21.3. The van der Waals surface area contributed by atoms with Gasteiger partial charge in [-0.15, -0.1) is 0 Å². The molecule has 0 aliphatic heterocycles. The van der Waals surface area contributed by atoms with E-state index in [0.717, 1.165) is 16.5 Å². The lowest BCUT2D eigenvalue weighted by Gasteiger charge is -2.13. The molecule has 2 N–H and O–H groups in total. The number of nitrogens with one attached hydrogen (secondary N) is 2. The molecule has 3 aromatic rings. The second-order valence-electron chi connectivity index (χ2n) is 7.15. The number of nitrogens with zero attached hydrogens (tertiary/aromatic N) is 1. The monoisotopic (exact) mass is 499 g/mol. The smallest absolute Gasteiger partial charge is 0.291 e. The van der Waals surface area contributed by atoms with Crippen molar-refractivity contribution in [3.8, 4) is 0 Å². The van der Waals surface area contributed by atoms with Gasteiger partial charge in [0.25, 0.3) is 11.8 Å². The minimum atomic E-state index is -0.377. The first-order chi connectivity index (χ1) is 14.9. The van der Waals surface area contributed by atoms with Gasteiger partial charge in [0.1, 0.15) is 5.76 Å². The van der Waals surface area contributed by atoms with Crippen LogP contribution in [0.2, 0.25) is 5.02 Å². The van der Waals surface area contributed by atoms with E-state index in [1.165, 1.54) is 0 Å². The van der Waals surface area contributed by atoms with Crippen LogP contribution >= 0.6 is 27.5 Å². The summed E-state index contributed by atoms with van der Waals surface area (Å²) in [7, 11) is 0. The number of halogens is 2. The number of hydrogen-bond acceptors (Lipinski definition) is 4. The number of anilines is 1. The van der Waals surface area contributed by atoms with Crippen LogP contribution in [0, 0.1) is 6.92 Å². The maximum Gasteiger partial charge on any atom is 0.291 e. The second-order valence-corrected chi connectivity index (χ2v) is 8.47. The third-order valence-corrected chi connectivity index (χ3v) is 5.91. The normalized spacial score (nSPS) is 14.2. The predicted octanol–water partition coefficient (Wildman–Crippen LogP) is 5.73. The van der Waals surface area contributed by atoms with Crippen molar-refractivity contribution in [2.45, 2.75) is 26.2 Å². The van der Waals surface area contributed by atoms with E-state index in [2.05, 4.69) is 31.8 Å². The predicted molar refractivity (Wildman–Crippen MR) is 124 cm³/mol. The quantitative estimate of drug-likeness (QED) is 0.449. The number of furan rings is 1. The molecule has 0 radical (unpaired) electrons. The molecule has 1 heterocycles. The summed E-state index contributed by atoms with van der Waals surface area (Å²) in [4.78, 5) is 25.2. The zero-order chi connectivity index (χ0) is 22.0. The minimum absolute atomic E-state index is 0.221. The summed E-state index contributed by atoms with van der Waals surface area (Å²) in [6.07, 6.45) is 2.20. The van der Waals surface area contributed by atoms with E-state index in [0.29, 0.717) is 46.2 Å². The van der Waals surface area contributed by atoms with E-state index in [9.17, 15) is 9.59 Å². The number of amides is 2. The molecule has 31 heavy (non-hydrogen) atoms. The first-order valence-electron chi connectivity index (χ1n) is 9.75. The summed E-state index contributed by atoms with van der Waals surface area (Å²) in [5, 5.41) is 7.58. The van der Waals surface area contributed by atoms with Crippen molar-refractivity contribution >= 4 is 50.7 Å². The lowest BCUT2D eigenvalue weighted by Crippen LogP contribution is -2.22. The zero-order valence-corrected chi connectivity index (χ0v) is 19.0. The topological polar surface area (TPSA) is 83.7 Å². The molecule has 1 aromatic heterocycles. The Labute approximate surface area is 192 Å². The molecule has 6 nitrogen and oxygen atoms in total. The summed E-state index contributed by atoms with van der Waals surface area (Å²) in [5.41, 5.74) is 5.81. The molecule has 0 saturated carbocycles. The third kappa shape index (κ3) is 4.57. The van der Waals surface area contributed by atoms with Crippen LogP contribution in [0.1, 0.15) is 50.6 Å². The number of hydrazone groups is 1. The Morgan fingerprint density at radius 1 is 1.06 bits per heavy atom. The lowest BCUT2D eigenvalue weighted by atomic mass is 9.93.